The van der Waals surface area contributed by atoms with Crippen LogP contribution in [0.1, 0.15) is 0 Å². The fourth-order valence-corrected chi connectivity index (χ4v) is 0.270. The average molecular weight is 119 g/mol. The van der Waals surface area contributed by atoms with Crippen LogP contribution in [0.15, 0.2) is 20.9 Å². The molecule has 0 aromatic rings. The molecule has 0 bridgehead atoms. The Balaban J connectivity index is 3.53. The maximum absolute atomic E-state index is 3.73. The third-order valence-electron chi connectivity index (χ3n) is 0.533. The van der Waals surface area contributed by atoms with Gasteiger partial charge in [0.15, 0.2) is 0 Å². The fourth-order valence-electron chi connectivity index (χ4n) is 0.270. The summed E-state index contributed by atoms with van der Waals surface area (Å²) in [6.07, 6.45) is 0. The standard InChI is InChI=1S/C4H7B2N3/c5-1-2-7-3-8-4-9-6/h1H,3,5-6H2. The highest BCUT2D eigenvalue weighted by Crippen LogP contribution is 1.64. The third-order valence-corrected chi connectivity index (χ3v) is 0.533. The fraction of sp³-hybridized carbons (Fsp3) is 0.250. The molecule has 0 heterocycles. The minimum atomic E-state index is 0.363. The van der Waals surface area contributed by atoms with Gasteiger partial charge in [-0.15, -0.1) is 0 Å². The molecule has 0 spiro atoms. The number of aliphatic imine (C=N–C) groups is 2. The first-order valence-corrected chi connectivity index (χ1v) is 2.62. The molecule has 0 aliphatic rings. The summed E-state index contributed by atoms with van der Waals surface area (Å²) >= 11 is 0. The summed E-state index contributed by atoms with van der Waals surface area (Å²) in [5.74, 6) is 4.35. The Kier molecular flexibility index (Phi) is 6.16. The lowest BCUT2D eigenvalue weighted by atomic mass is 10.2. The highest BCUT2D eigenvalue weighted by Gasteiger charge is 1.61. The highest BCUT2D eigenvalue weighted by atomic mass is 14.9. The molecular formula is C4H7B2N3. The van der Waals surface area contributed by atoms with Gasteiger partial charge < -0.3 is 0 Å². The lowest BCUT2D eigenvalue weighted by Crippen LogP contribution is -1.69. The molecule has 0 rings (SSSR count). The third kappa shape index (κ3) is 6.96. The Morgan fingerprint density at radius 1 is 1.44 bits per heavy atom. The molecule has 0 aliphatic carbocycles. The maximum atomic E-state index is 3.73. The van der Waals surface area contributed by atoms with Gasteiger partial charge in [-0.2, -0.15) is 0 Å². The number of nitrogens with zero attached hydrogens (tertiary/aromatic N) is 3. The molecule has 0 unspecified atom stereocenters. The van der Waals surface area contributed by atoms with Crippen molar-refractivity contribution < 1.29 is 0 Å². The van der Waals surface area contributed by atoms with Crippen LogP contribution in [0.3, 0.4) is 0 Å². The smallest absolute Gasteiger partial charge is 0.259 e. The highest BCUT2D eigenvalue weighted by molar-refractivity contribution is 6.21. The van der Waals surface area contributed by atoms with Crippen molar-refractivity contribution in [2.45, 2.75) is 0 Å². The van der Waals surface area contributed by atoms with Gasteiger partial charge in [0.05, 0.1) is 6.01 Å². The van der Waals surface area contributed by atoms with Gasteiger partial charge in [0, 0.05) is 0 Å². The molecule has 0 aromatic heterocycles. The second kappa shape index (κ2) is 6.96. The quantitative estimate of drug-likeness (QED) is 0.312. The predicted molar refractivity (Wildman–Crippen MR) is 43.8 cm³/mol. The summed E-state index contributed by atoms with van der Waals surface area (Å²) in [4.78, 5) is 10.9. The zero-order valence-corrected chi connectivity index (χ0v) is 5.63. The predicted octanol–water partition coefficient (Wildman–Crippen LogP) is -1.52. The van der Waals surface area contributed by atoms with E-state index in [2.05, 4.69) is 26.8 Å². The average Bonchev–Trinajstić information content (AvgIpc) is 1.89. The van der Waals surface area contributed by atoms with E-state index in [4.69, 9.17) is 0 Å². The molecule has 0 saturated heterocycles. The Morgan fingerprint density at radius 2 is 2.22 bits per heavy atom. The molecule has 0 aliphatic heterocycles. The summed E-state index contributed by atoms with van der Waals surface area (Å²) < 4.78 is 0. The van der Waals surface area contributed by atoms with E-state index >= 15 is 0 Å². The molecule has 3 nitrogen and oxygen atoms in total. The molecular weight excluding hydrogens is 112 g/mol. The molecule has 0 saturated carbocycles. The summed E-state index contributed by atoms with van der Waals surface area (Å²) in [6, 6.07) is 2.41. The van der Waals surface area contributed by atoms with Gasteiger partial charge in [-0.3, -0.25) is 4.90 Å². The molecule has 0 fully saturated rings. The van der Waals surface area contributed by atoms with E-state index in [1.54, 1.807) is 14.0 Å². The van der Waals surface area contributed by atoms with Gasteiger partial charge in [-0.25, -0.2) is 9.98 Å². The van der Waals surface area contributed by atoms with Crippen LogP contribution < -0.4 is 0 Å². The van der Waals surface area contributed by atoms with E-state index in [0.717, 1.165) is 0 Å². The van der Waals surface area contributed by atoms with Gasteiger partial charge in [-0.05, 0) is 5.87 Å². The number of hydrogen-bond donors (Lipinski definition) is 0. The van der Waals surface area contributed by atoms with Crippen LogP contribution in [-0.4, -0.2) is 34.4 Å². The van der Waals surface area contributed by atoms with Crippen molar-refractivity contribution in [1.29, 1.82) is 0 Å². The van der Waals surface area contributed by atoms with Crippen molar-refractivity contribution >= 4 is 27.7 Å². The summed E-state index contributed by atoms with van der Waals surface area (Å²) in [7, 11) is 3.46. The monoisotopic (exact) mass is 119 g/mol. The zero-order valence-electron chi connectivity index (χ0n) is 5.63. The van der Waals surface area contributed by atoms with Gasteiger partial charge in [-0.1, -0.05) is 5.98 Å². The second-order valence-corrected chi connectivity index (χ2v) is 1.20. The summed E-state index contributed by atoms with van der Waals surface area (Å²) in [5.41, 5.74) is 0. The molecule has 44 valence electrons. The summed E-state index contributed by atoms with van der Waals surface area (Å²) in [5, 5.41) is 0. The van der Waals surface area contributed by atoms with Crippen LogP contribution in [0.25, 0.3) is 0 Å². The first kappa shape index (κ1) is 7.96. The maximum Gasteiger partial charge on any atom is 0.259 e. The number of rotatable bonds is 2. The minimum absolute atomic E-state index is 0.363. The molecule has 0 radical (unpaired) electrons. The van der Waals surface area contributed by atoms with Crippen LogP contribution in [-0.2, 0) is 0 Å². The summed E-state index contributed by atoms with van der Waals surface area (Å²) in [6.45, 7) is 0.363. The van der Waals surface area contributed by atoms with E-state index in [9.17, 15) is 0 Å². The molecule has 0 amide bonds. The van der Waals surface area contributed by atoms with Crippen molar-refractivity contribution in [3.8, 4) is 0 Å². The molecule has 9 heavy (non-hydrogen) atoms. The van der Waals surface area contributed by atoms with E-state index in [1.807, 2.05) is 7.85 Å². The van der Waals surface area contributed by atoms with Crippen molar-refractivity contribution in [3.63, 3.8) is 0 Å². The van der Waals surface area contributed by atoms with Crippen molar-refractivity contribution in [3.05, 3.63) is 5.98 Å². The van der Waals surface area contributed by atoms with Crippen LogP contribution in [0, 0.1) is 0 Å². The van der Waals surface area contributed by atoms with Gasteiger partial charge >= 0.3 is 0 Å². The first-order chi connectivity index (χ1) is 4.41. The Labute approximate surface area is 56.2 Å². The van der Waals surface area contributed by atoms with Gasteiger partial charge in [0.25, 0.3) is 7.98 Å². The largest absolute Gasteiger partial charge is 0.297 e. The Bertz CT molecular complexity index is 154. The van der Waals surface area contributed by atoms with Crippen molar-refractivity contribution in [1.82, 2.24) is 0 Å². The first-order valence-electron chi connectivity index (χ1n) is 2.62. The van der Waals surface area contributed by atoms with Gasteiger partial charge in [0.2, 0.25) is 0 Å². The molecule has 0 N–H and O–H groups in total. The molecule has 0 aromatic carbocycles. The van der Waals surface area contributed by atoms with Crippen LogP contribution in [0.5, 0.6) is 0 Å². The zero-order chi connectivity index (χ0) is 6.95. The normalized spacial score (nSPS) is 6.22. The van der Waals surface area contributed by atoms with E-state index in [0.29, 0.717) is 6.67 Å². The Morgan fingerprint density at radius 3 is 2.78 bits per heavy atom. The second-order valence-electron chi connectivity index (χ2n) is 1.20. The van der Waals surface area contributed by atoms with Gasteiger partial charge in [0.1, 0.15) is 14.5 Å². The van der Waals surface area contributed by atoms with Crippen LogP contribution in [0.2, 0.25) is 0 Å². The Hall–Kier alpha value is -1.04. The molecule has 5 heteroatoms. The lowest BCUT2D eigenvalue weighted by molar-refractivity contribution is 1.09. The lowest BCUT2D eigenvalue weighted by Gasteiger charge is -1.70. The van der Waals surface area contributed by atoms with E-state index in [-0.39, 0.29) is 0 Å². The minimum Gasteiger partial charge on any atom is -0.297 e. The molecule has 0 atom stereocenters. The van der Waals surface area contributed by atoms with Crippen LogP contribution in [0.4, 0.5) is 0 Å². The van der Waals surface area contributed by atoms with E-state index in [1.165, 1.54) is 0 Å². The van der Waals surface area contributed by atoms with Crippen molar-refractivity contribution in [2.24, 2.45) is 14.9 Å². The SMILES string of the molecule is BC=C=NCN=C=NB. The number of hydrogen-bond acceptors (Lipinski definition) is 3. The van der Waals surface area contributed by atoms with Crippen molar-refractivity contribution in [2.75, 3.05) is 6.67 Å². The van der Waals surface area contributed by atoms with Crippen LogP contribution >= 0.6 is 0 Å². The topological polar surface area (TPSA) is 37.1 Å². The van der Waals surface area contributed by atoms with E-state index < -0.39 is 0 Å².